The third-order valence-electron chi connectivity index (χ3n) is 5.28. The Balaban J connectivity index is 1.67. The molecule has 1 aliphatic heterocycles. The van der Waals surface area contributed by atoms with E-state index < -0.39 is 17.7 Å². The number of methoxy groups -OCH3 is 1. The van der Waals surface area contributed by atoms with Gasteiger partial charge in [-0.1, -0.05) is 30.3 Å². The number of benzene rings is 2. The Labute approximate surface area is 203 Å². The number of nitrogens with one attached hydrogen (secondary N) is 2. The van der Waals surface area contributed by atoms with Gasteiger partial charge >= 0.3 is 11.9 Å². The van der Waals surface area contributed by atoms with Crippen LogP contribution in [0.1, 0.15) is 26.3 Å². The monoisotopic (exact) mass is 477 g/mol. The van der Waals surface area contributed by atoms with Crippen molar-refractivity contribution in [2.45, 2.75) is 39.0 Å². The normalized spacial score (nSPS) is 15.6. The van der Waals surface area contributed by atoms with Crippen molar-refractivity contribution < 1.29 is 28.2 Å². The van der Waals surface area contributed by atoms with E-state index in [4.69, 9.17) is 18.6 Å². The highest BCUT2D eigenvalue weighted by atomic mass is 16.7. The summed E-state index contributed by atoms with van der Waals surface area (Å²) < 4.78 is 21.5. The fourth-order valence-corrected chi connectivity index (χ4v) is 3.76. The standard InChI is InChI=1S/C26H27N3O6/c1-16(12-17-8-6-5-7-9-17)28-23(22-24(30)34-26(2,3)35-25(22)31)29-18-10-11-19(20(13-18)32-4)21-14-27-15-33-21/h5-11,13-16,28-29H,12H2,1-4H3. The van der Waals surface area contributed by atoms with E-state index in [0.29, 0.717) is 29.2 Å². The number of anilines is 1. The van der Waals surface area contributed by atoms with E-state index >= 15 is 0 Å². The molecule has 0 spiro atoms. The lowest BCUT2D eigenvalue weighted by atomic mass is 10.1. The zero-order valence-electron chi connectivity index (χ0n) is 20.0. The van der Waals surface area contributed by atoms with Crippen molar-refractivity contribution in [3.63, 3.8) is 0 Å². The van der Waals surface area contributed by atoms with Crippen LogP contribution in [0.25, 0.3) is 11.3 Å². The molecule has 182 valence electrons. The molecule has 1 unspecified atom stereocenters. The van der Waals surface area contributed by atoms with E-state index in [0.717, 1.165) is 5.56 Å². The van der Waals surface area contributed by atoms with Crippen LogP contribution in [0.5, 0.6) is 5.75 Å². The zero-order chi connectivity index (χ0) is 25.0. The first-order valence-corrected chi connectivity index (χ1v) is 11.1. The Kier molecular flexibility index (Phi) is 6.77. The quantitative estimate of drug-likeness (QED) is 0.282. The molecular weight excluding hydrogens is 450 g/mol. The Hall–Kier alpha value is -4.27. The minimum atomic E-state index is -1.35. The molecule has 1 aromatic heterocycles. The summed E-state index contributed by atoms with van der Waals surface area (Å²) in [4.78, 5) is 29.6. The Morgan fingerprint density at radius 2 is 1.80 bits per heavy atom. The zero-order valence-corrected chi connectivity index (χ0v) is 20.0. The van der Waals surface area contributed by atoms with Crippen LogP contribution in [0, 0.1) is 0 Å². The summed E-state index contributed by atoms with van der Waals surface area (Å²) in [5.41, 5.74) is 2.12. The molecular formula is C26H27N3O6. The summed E-state index contributed by atoms with van der Waals surface area (Å²) in [5, 5.41) is 6.39. The minimum Gasteiger partial charge on any atom is -0.496 e. The van der Waals surface area contributed by atoms with Crippen LogP contribution < -0.4 is 15.4 Å². The largest absolute Gasteiger partial charge is 0.496 e. The third kappa shape index (κ3) is 5.63. The fourth-order valence-electron chi connectivity index (χ4n) is 3.76. The number of aromatic nitrogens is 1. The summed E-state index contributed by atoms with van der Waals surface area (Å²) >= 11 is 0. The van der Waals surface area contributed by atoms with E-state index in [1.54, 1.807) is 24.4 Å². The van der Waals surface area contributed by atoms with Crippen molar-refractivity contribution in [2.24, 2.45) is 0 Å². The molecule has 0 bridgehead atoms. The summed E-state index contributed by atoms with van der Waals surface area (Å²) in [6.45, 7) is 4.96. The molecule has 0 aliphatic carbocycles. The first kappa shape index (κ1) is 23.9. The number of rotatable bonds is 8. The number of oxazole rings is 1. The van der Waals surface area contributed by atoms with Gasteiger partial charge in [0.2, 0.25) is 0 Å². The summed E-state index contributed by atoms with van der Waals surface area (Å²) in [5.74, 6) is -1.67. The number of carbonyl (C=O) groups excluding carboxylic acids is 2. The van der Waals surface area contributed by atoms with Gasteiger partial charge in [0.25, 0.3) is 5.79 Å². The molecule has 0 saturated carbocycles. The predicted molar refractivity (Wildman–Crippen MR) is 128 cm³/mol. The first-order chi connectivity index (χ1) is 16.8. The van der Waals surface area contributed by atoms with Gasteiger partial charge in [0.1, 0.15) is 11.6 Å². The van der Waals surface area contributed by atoms with Crippen LogP contribution in [0.3, 0.4) is 0 Å². The molecule has 2 N–H and O–H groups in total. The van der Waals surface area contributed by atoms with E-state index in [1.165, 1.54) is 27.4 Å². The van der Waals surface area contributed by atoms with Crippen molar-refractivity contribution in [3.8, 4) is 17.1 Å². The second kappa shape index (κ2) is 9.92. The average Bonchev–Trinajstić information content (AvgIpc) is 3.33. The number of cyclic esters (lactones) is 2. The molecule has 1 saturated heterocycles. The average molecular weight is 478 g/mol. The lowest BCUT2D eigenvalue weighted by Crippen LogP contribution is -2.45. The van der Waals surface area contributed by atoms with Crippen LogP contribution in [-0.2, 0) is 25.5 Å². The lowest BCUT2D eigenvalue weighted by molar-refractivity contribution is -0.222. The van der Waals surface area contributed by atoms with Crippen molar-refractivity contribution in [2.75, 3.05) is 12.4 Å². The van der Waals surface area contributed by atoms with E-state index in [-0.39, 0.29) is 17.4 Å². The number of esters is 2. The minimum absolute atomic E-state index is 0.140. The second-order valence-corrected chi connectivity index (χ2v) is 8.57. The van der Waals surface area contributed by atoms with E-state index in [1.807, 2.05) is 37.3 Å². The molecule has 9 heteroatoms. The maximum absolute atomic E-state index is 12.8. The van der Waals surface area contributed by atoms with Crippen LogP contribution >= 0.6 is 0 Å². The van der Waals surface area contributed by atoms with E-state index in [2.05, 4.69) is 15.6 Å². The van der Waals surface area contributed by atoms with Gasteiger partial charge in [0, 0.05) is 31.6 Å². The molecule has 9 nitrogen and oxygen atoms in total. The molecule has 2 aromatic carbocycles. The van der Waals surface area contributed by atoms with Crippen molar-refractivity contribution in [1.82, 2.24) is 10.3 Å². The highest BCUT2D eigenvalue weighted by molar-refractivity contribution is 6.16. The van der Waals surface area contributed by atoms with Crippen molar-refractivity contribution in [3.05, 3.63) is 78.1 Å². The topological polar surface area (TPSA) is 112 Å². The molecule has 1 atom stereocenters. The predicted octanol–water partition coefficient (Wildman–Crippen LogP) is 4.03. The van der Waals surface area contributed by atoms with Gasteiger partial charge in [0.05, 0.1) is 18.9 Å². The Morgan fingerprint density at radius 1 is 1.09 bits per heavy atom. The number of nitrogens with zero attached hydrogens (tertiary/aromatic N) is 1. The Bertz CT molecular complexity index is 1210. The maximum Gasteiger partial charge on any atom is 0.352 e. The third-order valence-corrected chi connectivity index (χ3v) is 5.28. The number of hydrogen-bond donors (Lipinski definition) is 2. The van der Waals surface area contributed by atoms with Gasteiger partial charge in [-0.05, 0) is 31.0 Å². The van der Waals surface area contributed by atoms with Gasteiger partial charge < -0.3 is 29.3 Å². The van der Waals surface area contributed by atoms with Crippen LogP contribution in [0.4, 0.5) is 5.69 Å². The molecule has 4 rings (SSSR count). The lowest BCUT2D eigenvalue weighted by Gasteiger charge is -2.31. The van der Waals surface area contributed by atoms with Crippen molar-refractivity contribution in [1.29, 1.82) is 0 Å². The Morgan fingerprint density at radius 3 is 2.43 bits per heavy atom. The fraction of sp³-hybridized carbons (Fsp3) is 0.269. The summed E-state index contributed by atoms with van der Waals surface area (Å²) in [6.07, 6.45) is 3.58. The highest BCUT2D eigenvalue weighted by Gasteiger charge is 2.41. The van der Waals surface area contributed by atoms with Gasteiger partial charge in [-0.25, -0.2) is 14.6 Å². The number of ether oxygens (including phenoxy) is 3. The smallest absolute Gasteiger partial charge is 0.352 e. The molecule has 35 heavy (non-hydrogen) atoms. The number of hydrogen-bond acceptors (Lipinski definition) is 9. The summed E-state index contributed by atoms with van der Waals surface area (Å²) in [7, 11) is 1.54. The SMILES string of the molecule is COc1cc(NC(NC(C)Cc2ccccc2)=C2C(=O)OC(C)(C)OC2=O)ccc1-c1cnco1. The first-order valence-electron chi connectivity index (χ1n) is 11.1. The van der Waals surface area contributed by atoms with Gasteiger partial charge in [-0.3, -0.25) is 0 Å². The van der Waals surface area contributed by atoms with Gasteiger partial charge in [-0.2, -0.15) is 0 Å². The van der Waals surface area contributed by atoms with E-state index in [9.17, 15) is 9.59 Å². The van der Waals surface area contributed by atoms with Crippen LogP contribution in [-0.4, -0.2) is 35.9 Å². The molecule has 1 fully saturated rings. The highest BCUT2D eigenvalue weighted by Crippen LogP contribution is 2.33. The molecule has 2 heterocycles. The molecule has 0 amide bonds. The van der Waals surface area contributed by atoms with Crippen LogP contribution in [0.15, 0.2) is 76.9 Å². The van der Waals surface area contributed by atoms with Gasteiger partial charge in [0.15, 0.2) is 17.7 Å². The maximum atomic E-state index is 12.8. The molecule has 3 aromatic rings. The number of carbonyl (C=O) groups is 2. The van der Waals surface area contributed by atoms with Gasteiger partial charge in [-0.15, -0.1) is 0 Å². The second-order valence-electron chi connectivity index (χ2n) is 8.57. The van der Waals surface area contributed by atoms with Crippen molar-refractivity contribution >= 4 is 17.6 Å². The van der Waals surface area contributed by atoms with Crippen LogP contribution in [0.2, 0.25) is 0 Å². The summed E-state index contributed by atoms with van der Waals surface area (Å²) in [6, 6.07) is 15.0. The molecule has 0 radical (unpaired) electrons. The molecule has 1 aliphatic rings.